The van der Waals surface area contributed by atoms with Gasteiger partial charge in [-0.2, -0.15) is 13.2 Å². The third-order valence-electron chi connectivity index (χ3n) is 5.26. The molecule has 4 rings (SSSR count). The van der Waals surface area contributed by atoms with Crippen molar-refractivity contribution >= 4 is 21.6 Å². The van der Waals surface area contributed by atoms with Crippen LogP contribution in [0.15, 0.2) is 71.8 Å². The van der Waals surface area contributed by atoms with Gasteiger partial charge in [0.1, 0.15) is 12.3 Å². The number of sulfonamides is 1. The lowest BCUT2D eigenvalue weighted by molar-refractivity contribution is -0.137. The third kappa shape index (κ3) is 4.69. The van der Waals surface area contributed by atoms with Crippen molar-refractivity contribution in [3.63, 3.8) is 0 Å². The second-order valence-corrected chi connectivity index (χ2v) is 9.51. The molecule has 0 aliphatic carbocycles. The molecule has 7 nitrogen and oxygen atoms in total. The van der Waals surface area contributed by atoms with E-state index in [0.29, 0.717) is 18.7 Å². The molecule has 0 saturated heterocycles. The molecule has 0 radical (unpaired) electrons. The van der Waals surface area contributed by atoms with Crippen molar-refractivity contribution in [3.05, 3.63) is 83.6 Å². The Labute approximate surface area is 194 Å². The topological polar surface area (TPSA) is 79.8 Å². The number of benzene rings is 2. The first kappa shape index (κ1) is 23.6. The average molecular weight is 491 g/mol. The van der Waals surface area contributed by atoms with Crippen LogP contribution < -0.4 is 9.04 Å². The molecule has 0 N–H and O–H groups in total. The Bertz CT molecular complexity index is 1300. The van der Waals surface area contributed by atoms with Crippen molar-refractivity contribution < 1.29 is 31.1 Å². The zero-order chi connectivity index (χ0) is 24.5. The Kier molecular flexibility index (Phi) is 6.22. The second kappa shape index (κ2) is 8.98. The molecule has 2 heterocycles. The number of alkyl halides is 3. The summed E-state index contributed by atoms with van der Waals surface area (Å²) in [5.74, 6) is -0.361. The second-order valence-electron chi connectivity index (χ2n) is 7.64. The van der Waals surface area contributed by atoms with Gasteiger partial charge in [0, 0.05) is 19.8 Å². The predicted octanol–water partition coefficient (Wildman–Crippen LogP) is 3.96. The smallest absolute Gasteiger partial charge is 0.416 e. The molecule has 1 aromatic heterocycles. The molecule has 0 fully saturated rings. The number of fused-ring (bicyclic) bond motifs is 1. The SMILES string of the molecule is CN(Cc1ccccc1)C(=O)c1cnc2c(c1)N(S(=O)(=O)c1ccc(C(F)(F)F)cc1)CCO2. The normalized spacial score (nSPS) is 13.7. The van der Waals surface area contributed by atoms with E-state index in [0.717, 1.165) is 22.0 Å². The highest BCUT2D eigenvalue weighted by molar-refractivity contribution is 7.92. The fourth-order valence-corrected chi connectivity index (χ4v) is 4.97. The fraction of sp³-hybridized carbons (Fsp3) is 0.217. The van der Waals surface area contributed by atoms with Crippen LogP contribution in [0.5, 0.6) is 5.88 Å². The van der Waals surface area contributed by atoms with E-state index in [-0.39, 0.29) is 41.1 Å². The molecular weight excluding hydrogens is 471 g/mol. The van der Waals surface area contributed by atoms with Crippen molar-refractivity contribution in [2.45, 2.75) is 17.6 Å². The predicted molar refractivity (Wildman–Crippen MR) is 118 cm³/mol. The van der Waals surface area contributed by atoms with Gasteiger partial charge in [0.25, 0.3) is 15.9 Å². The van der Waals surface area contributed by atoms with Crippen LogP contribution in [0.3, 0.4) is 0 Å². The summed E-state index contributed by atoms with van der Waals surface area (Å²) < 4.78 is 71.5. The lowest BCUT2D eigenvalue weighted by Crippen LogP contribution is -2.38. The van der Waals surface area contributed by atoms with Gasteiger partial charge in [-0.05, 0) is 35.9 Å². The van der Waals surface area contributed by atoms with Gasteiger partial charge in [-0.3, -0.25) is 9.10 Å². The molecule has 2 aromatic carbocycles. The lowest BCUT2D eigenvalue weighted by Gasteiger charge is -2.30. The van der Waals surface area contributed by atoms with Crippen LogP contribution in [0, 0.1) is 0 Å². The molecular formula is C23H20F3N3O4S. The fourth-order valence-electron chi connectivity index (χ4n) is 3.54. The van der Waals surface area contributed by atoms with Crippen LogP contribution in [0.1, 0.15) is 21.5 Å². The molecule has 0 bridgehead atoms. The summed E-state index contributed by atoms with van der Waals surface area (Å²) in [6, 6.07) is 13.9. The summed E-state index contributed by atoms with van der Waals surface area (Å²) in [5.41, 5.74) is 0.157. The van der Waals surface area contributed by atoms with E-state index < -0.39 is 21.8 Å². The maximum atomic E-state index is 13.2. The minimum atomic E-state index is -4.58. The highest BCUT2D eigenvalue weighted by Gasteiger charge is 2.34. The number of nitrogens with zero attached hydrogens (tertiary/aromatic N) is 3. The average Bonchev–Trinajstić information content (AvgIpc) is 2.83. The largest absolute Gasteiger partial charge is 0.474 e. The van der Waals surface area contributed by atoms with Crippen molar-refractivity contribution in [1.82, 2.24) is 9.88 Å². The van der Waals surface area contributed by atoms with E-state index in [1.807, 2.05) is 30.3 Å². The van der Waals surface area contributed by atoms with Crippen LogP contribution in [0.2, 0.25) is 0 Å². The maximum absolute atomic E-state index is 13.2. The van der Waals surface area contributed by atoms with Crippen LogP contribution in [0.25, 0.3) is 0 Å². The number of halogens is 3. The monoisotopic (exact) mass is 491 g/mol. The zero-order valence-electron chi connectivity index (χ0n) is 18.0. The highest BCUT2D eigenvalue weighted by atomic mass is 32.2. The van der Waals surface area contributed by atoms with Crippen LogP contribution in [-0.4, -0.2) is 44.4 Å². The molecule has 34 heavy (non-hydrogen) atoms. The Morgan fingerprint density at radius 3 is 2.44 bits per heavy atom. The molecule has 0 atom stereocenters. The zero-order valence-corrected chi connectivity index (χ0v) is 18.8. The van der Waals surface area contributed by atoms with Gasteiger partial charge >= 0.3 is 6.18 Å². The number of carbonyl (C=O) groups is 1. The van der Waals surface area contributed by atoms with Crippen molar-refractivity contribution in [2.24, 2.45) is 0 Å². The van der Waals surface area contributed by atoms with Crippen LogP contribution in [-0.2, 0) is 22.7 Å². The van der Waals surface area contributed by atoms with Gasteiger partial charge in [-0.15, -0.1) is 0 Å². The number of pyridine rings is 1. The quantitative estimate of drug-likeness (QED) is 0.540. The Hall–Kier alpha value is -3.60. The number of rotatable bonds is 5. The van der Waals surface area contributed by atoms with Gasteiger partial charge in [-0.1, -0.05) is 30.3 Å². The number of ether oxygens (including phenoxy) is 1. The highest BCUT2D eigenvalue weighted by Crippen LogP contribution is 2.35. The molecule has 178 valence electrons. The van der Waals surface area contributed by atoms with E-state index in [2.05, 4.69) is 4.98 Å². The number of amides is 1. The molecule has 0 unspecified atom stereocenters. The van der Waals surface area contributed by atoms with E-state index in [1.165, 1.54) is 17.2 Å². The maximum Gasteiger partial charge on any atom is 0.416 e. The number of hydrogen-bond donors (Lipinski definition) is 0. The summed E-state index contributed by atoms with van der Waals surface area (Å²) in [7, 11) is -2.61. The Morgan fingerprint density at radius 1 is 1.12 bits per heavy atom. The molecule has 11 heteroatoms. The standard InChI is InChI=1S/C23H20F3N3O4S/c1-28(15-16-5-3-2-4-6-16)22(30)17-13-20-21(27-14-17)33-12-11-29(20)34(31,32)19-9-7-18(8-10-19)23(24,25)26/h2-10,13-14H,11-12,15H2,1H3. The first-order valence-electron chi connectivity index (χ1n) is 10.2. The number of anilines is 1. The van der Waals surface area contributed by atoms with E-state index in [1.54, 1.807) is 7.05 Å². The summed E-state index contributed by atoms with van der Waals surface area (Å²) in [6.07, 6.45) is -3.28. The number of aromatic nitrogens is 1. The van der Waals surface area contributed by atoms with Crippen molar-refractivity contribution in [3.8, 4) is 5.88 Å². The molecule has 1 amide bonds. The van der Waals surface area contributed by atoms with Gasteiger partial charge < -0.3 is 9.64 Å². The van der Waals surface area contributed by atoms with E-state index in [4.69, 9.17) is 4.74 Å². The van der Waals surface area contributed by atoms with Gasteiger partial charge in [0.15, 0.2) is 0 Å². The van der Waals surface area contributed by atoms with Crippen LogP contribution >= 0.6 is 0 Å². The van der Waals surface area contributed by atoms with E-state index in [9.17, 15) is 26.4 Å². The van der Waals surface area contributed by atoms with Gasteiger partial charge in [0.2, 0.25) is 5.88 Å². The first-order chi connectivity index (χ1) is 16.1. The minimum absolute atomic E-state index is 0.00106. The lowest BCUT2D eigenvalue weighted by atomic mass is 10.2. The summed E-state index contributed by atoms with van der Waals surface area (Å²) >= 11 is 0. The Balaban J connectivity index is 1.63. The molecule has 0 spiro atoms. The molecule has 0 saturated carbocycles. The number of hydrogen-bond acceptors (Lipinski definition) is 5. The summed E-state index contributed by atoms with van der Waals surface area (Å²) in [4.78, 5) is 18.2. The van der Waals surface area contributed by atoms with Crippen LogP contribution in [0.4, 0.5) is 18.9 Å². The van der Waals surface area contributed by atoms with Crippen molar-refractivity contribution in [1.29, 1.82) is 0 Å². The molecule has 1 aliphatic heterocycles. The summed E-state index contributed by atoms with van der Waals surface area (Å²) in [5, 5.41) is 0. The summed E-state index contributed by atoms with van der Waals surface area (Å²) in [6.45, 7) is 0.247. The van der Waals surface area contributed by atoms with Crippen molar-refractivity contribution in [2.75, 3.05) is 24.5 Å². The third-order valence-corrected chi connectivity index (χ3v) is 7.09. The van der Waals surface area contributed by atoms with E-state index >= 15 is 0 Å². The minimum Gasteiger partial charge on any atom is -0.474 e. The van der Waals surface area contributed by atoms with Gasteiger partial charge in [0.05, 0.1) is 22.6 Å². The van der Waals surface area contributed by atoms with Gasteiger partial charge in [-0.25, -0.2) is 13.4 Å². The number of carbonyl (C=O) groups excluding carboxylic acids is 1. The first-order valence-corrected chi connectivity index (χ1v) is 11.6. The Morgan fingerprint density at radius 2 is 1.79 bits per heavy atom. The molecule has 3 aromatic rings. The molecule has 1 aliphatic rings.